The van der Waals surface area contributed by atoms with E-state index in [1.807, 2.05) is 38.1 Å². The molecule has 0 aliphatic rings. The van der Waals surface area contributed by atoms with Crippen molar-refractivity contribution in [2.45, 2.75) is 19.9 Å². The third-order valence-electron chi connectivity index (χ3n) is 2.55. The summed E-state index contributed by atoms with van der Waals surface area (Å²) < 4.78 is 6.19. The molecule has 0 fully saturated rings. The molecular weight excluding hydrogens is 282 g/mol. The minimum absolute atomic E-state index is 0.216. The Morgan fingerprint density at radius 3 is 2.47 bits per heavy atom. The third kappa shape index (κ3) is 2.73. The summed E-state index contributed by atoms with van der Waals surface area (Å²) in [5.41, 5.74) is 6.87. The summed E-state index contributed by atoms with van der Waals surface area (Å²) in [5.74, 6) is 1.33. The Morgan fingerprint density at radius 1 is 1.24 bits per heavy atom. The average Bonchev–Trinajstić information content (AvgIpc) is 2.78. The lowest BCUT2D eigenvalue weighted by molar-refractivity contribution is 0.325. The van der Waals surface area contributed by atoms with Crippen LogP contribution in [0, 0.1) is 5.92 Å². The predicted molar refractivity (Wildman–Crippen MR) is 69.2 cm³/mol. The van der Waals surface area contributed by atoms with Crippen molar-refractivity contribution in [1.82, 2.24) is 10.1 Å². The molecule has 0 saturated heterocycles. The van der Waals surface area contributed by atoms with Crippen molar-refractivity contribution in [2.75, 3.05) is 0 Å². The molecule has 5 heteroatoms. The maximum atomic E-state index is 5.95. The molecule has 2 N–H and O–H groups in total. The van der Waals surface area contributed by atoms with E-state index in [0.717, 1.165) is 10.0 Å². The van der Waals surface area contributed by atoms with E-state index in [-0.39, 0.29) is 12.0 Å². The van der Waals surface area contributed by atoms with Gasteiger partial charge in [-0.3, -0.25) is 0 Å². The SMILES string of the molecule is CC(C)[C@@H](N)c1nc(-c2ccc(Br)cc2)no1. The minimum Gasteiger partial charge on any atom is -0.337 e. The van der Waals surface area contributed by atoms with E-state index in [4.69, 9.17) is 10.3 Å². The molecule has 1 heterocycles. The molecular formula is C12H14BrN3O. The van der Waals surface area contributed by atoms with Crippen LogP contribution in [-0.4, -0.2) is 10.1 Å². The number of rotatable bonds is 3. The van der Waals surface area contributed by atoms with Crippen molar-refractivity contribution in [1.29, 1.82) is 0 Å². The van der Waals surface area contributed by atoms with Crippen LogP contribution in [0.2, 0.25) is 0 Å². The van der Waals surface area contributed by atoms with Crippen LogP contribution in [0.1, 0.15) is 25.8 Å². The fourth-order valence-corrected chi connectivity index (χ4v) is 1.64. The van der Waals surface area contributed by atoms with Crippen LogP contribution >= 0.6 is 15.9 Å². The molecule has 90 valence electrons. The summed E-state index contributed by atoms with van der Waals surface area (Å²) >= 11 is 3.38. The fraction of sp³-hybridized carbons (Fsp3) is 0.333. The van der Waals surface area contributed by atoms with Gasteiger partial charge in [0.2, 0.25) is 11.7 Å². The van der Waals surface area contributed by atoms with Crippen LogP contribution in [0.4, 0.5) is 0 Å². The van der Waals surface area contributed by atoms with Crippen molar-refractivity contribution < 1.29 is 4.52 Å². The van der Waals surface area contributed by atoms with Gasteiger partial charge in [0.15, 0.2) is 0 Å². The van der Waals surface area contributed by atoms with Crippen molar-refractivity contribution >= 4 is 15.9 Å². The summed E-state index contributed by atoms with van der Waals surface area (Å²) in [4.78, 5) is 4.31. The molecule has 0 bridgehead atoms. The fourth-order valence-electron chi connectivity index (χ4n) is 1.37. The lowest BCUT2D eigenvalue weighted by Crippen LogP contribution is -2.16. The first-order chi connectivity index (χ1) is 8.08. The van der Waals surface area contributed by atoms with Crippen molar-refractivity contribution in [3.8, 4) is 11.4 Å². The molecule has 4 nitrogen and oxygen atoms in total. The maximum absolute atomic E-state index is 5.95. The second-order valence-corrected chi connectivity index (χ2v) is 5.15. The van der Waals surface area contributed by atoms with Gasteiger partial charge in [-0.25, -0.2) is 0 Å². The molecule has 2 rings (SSSR count). The summed E-state index contributed by atoms with van der Waals surface area (Å²) in [7, 11) is 0. The van der Waals surface area contributed by atoms with Gasteiger partial charge >= 0.3 is 0 Å². The van der Waals surface area contributed by atoms with E-state index in [1.54, 1.807) is 0 Å². The van der Waals surface area contributed by atoms with Gasteiger partial charge in [-0.05, 0) is 30.2 Å². The van der Waals surface area contributed by atoms with E-state index < -0.39 is 0 Å². The minimum atomic E-state index is -0.216. The highest BCUT2D eigenvalue weighted by molar-refractivity contribution is 9.10. The second kappa shape index (κ2) is 4.98. The van der Waals surface area contributed by atoms with Crippen LogP contribution in [0.5, 0.6) is 0 Å². The molecule has 0 unspecified atom stereocenters. The molecule has 0 aliphatic carbocycles. The first-order valence-corrected chi connectivity index (χ1v) is 6.22. The Morgan fingerprint density at radius 2 is 1.88 bits per heavy atom. The Balaban J connectivity index is 2.26. The number of benzene rings is 1. The molecule has 0 radical (unpaired) electrons. The zero-order valence-electron chi connectivity index (χ0n) is 9.72. The maximum Gasteiger partial charge on any atom is 0.244 e. The number of hydrogen-bond acceptors (Lipinski definition) is 4. The van der Waals surface area contributed by atoms with E-state index in [2.05, 4.69) is 26.1 Å². The smallest absolute Gasteiger partial charge is 0.244 e. The summed E-state index contributed by atoms with van der Waals surface area (Å²) in [6.45, 7) is 4.04. The van der Waals surface area contributed by atoms with Crippen LogP contribution < -0.4 is 5.73 Å². The first-order valence-electron chi connectivity index (χ1n) is 5.43. The number of halogens is 1. The van der Waals surface area contributed by atoms with Gasteiger partial charge in [0, 0.05) is 10.0 Å². The number of nitrogens with two attached hydrogens (primary N) is 1. The van der Waals surface area contributed by atoms with Crippen molar-refractivity contribution in [3.05, 3.63) is 34.6 Å². The molecule has 1 atom stereocenters. The van der Waals surface area contributed by atoms with E-state index in [9.17, 15) is 0 Å². The normalized spacial score (nSPS) is 13.0. The molecule has 1 aromatic heterocycles. The number of nitrogens with zero attached hydrogens (tertiary/aromatic N) is 2. The Bertz CT molecular complexity index is 493. The van der Waals surface area contributed by atoms with Crippen LogP contribution in [0.3, 0.4) is 0 Å². The summed E-state index contributed by atoms with van der Waals surface area (Å²) in [6, 6.07) is 7.52. The van der Waals surface area contributed by atoms with Crippen molar-refractivity contribution in [2.24, 2.45) is 11.7 Å². The van der Waals surface area contributed by atoms with Gasteiger partial charge < -0.3 is 10.3 Å². The van der Waals surface area contributed by atoms with Crippen LogP contribution in [0.25, 0.3) is 11.4 Å². The van der Waals surface area contributed by atoms with Crippen LogP contribution in [0.15, 0.2) is 33.3 Å². The monoisotopic (exact) mass is 295 g/mol. The van der Waals surface area contributed by atoms with E-state index >= 15 is 0 Å². The molecule has 0 amide bonds. The standard InChI is InChI=1S/C12H14BrN3O/c1-7(2)10(14)12-15-11(16-17-12)8-3-5-9(13)6-4-8/h3-7,10H,14H2,1-2H3/t10-/m1/s1. The Kier molecular flexibility index (Phi) is 3.59. The topological polar surface area (TPSA) is 64.9 Å². The first kappa shape index (κ1) is 12.3. The molecule has 0 spiro atoms. The van der Waals surface area contributed by atoms with Gasteiger partial charge in [-0.15, -0.1) is 0 Å². The summed E-state index contributed by atoms with van der Waals surface area (Å²) in [5, 5.41) is 3.94. The van der Waals surface area contributed by atoms with Crippen molar-refractivity contribution in [3.63, 3.8) is 0 Å². The molecule has 1 aromatic carbocycles. The average molecular weight is 296 g/mol. The zero-order chi connectivity index (χ0) is 12.4. The Hall–Kier alpha value is -1.20. The summed E-state index contributed by atoms with van der Waals surface area (Å²) in [6.07, 6.45) is 0. The highest BCUT2D eigenvalue weighted by atomic mass is 79.9. The van der Waals surface area contributed by atoms with E-state index in [1.165, 1.54) is 0 Å². The van der Waals surface area contributed by atoms with Gasteiger partial charge in [0.25, 0.3) is 0 Å². The number of hydrogen-bond donors (Lipinski definition) is 1. The second-order valence-electron chi connectivity index (χ2n) is 4.23. The predicted octanol–water partition coefficient (Wildman–Crippen LogP) is 3.15. The van der Waals surface area contributed by atoms with Gasteiger partial charge in [-0.1, -0.05) is 34.9 Å². The lowest BCUT2D eigenvalue weighted by atomic mass is 10.1. The lowest BCUT2D eigenvalue weighted by Gasteiger charge is -2.09. The zero-order valence-corrected chi connectivity index (χ0v) is 11.3. The largest absolute Gasteiger partial charge is 0.337 e. The molecule has 2 aromatic rings. The van der Waals surface area contributed by atoms with E-state index in [0.29, 0.717) is 11.7 Å². The van der Waals surface area contributed by atoms with Gasteiger partial charge in [-0.2, -0.15) is 4.98 Å². The highest BCUT2D eigenvalue weighted by Gasteiger charge is 2.18. The quantitative estimate of drug-likeness (QED) is 0.945. The third-order valence-corrected chi connectivity index (χ3v) is 3.08. The molecule has 0 saturated carbocycles. The van der Waals surface area contributed by atoms with Gasteiger partial charge in [0.1, 0.15) is 0 Å². The highest BCUT2D eigenvalue weighted by Crippen LogP contribution is 2.22. The molecule has 0 aliphatic heterocycles. The Labute approximate surface area is 108 Å². The van der Waals surface area contributed by atoms with Gasteiger partial charge in [0.05, 0.1) is 6.04 Å². The van der Waals surface area contributed by atoms with Crippen LogP contribution in [-0.2, 0) is 0 Å². The molecule has 17 heavy (non-hydrogen) atoms. The number of aromatic nitrogens is 2.